The van der Waals surface area contributed by atoms with Gasteiger partial charge in [-0.2, -0.15) is 4.99 Å². The minimum Gasteiger partial charge on any atom is -0.494 e. The third-order valence-electron chi connectivity index (χ3n) is 5.02. The summed E-state index contributed by atoms with van der Waals surface area (Å²) < 4.78 is 13.9. The van der Waals surface area contributed by atoms with Crippen molar-refractivity contribution < 1.29 is 23.9 Å². The second-order valence-corrected chi connectivity index (χ2v) is 8.05. The van der Waals surface area contributed by atoms with Gasteiger partial charge in [0.05, 0.1) is 34.6 Å². The van der Waals surface area contributed by atoms with Crippen LogP contribution in [0.5, 0.6) is 5.75 Å². The maximum atomic E-state index is 12.8. The zero-order chi connectivity index (χ0) is 22.7. The molecule has 0 aliphatic carbocycles. The predicted octanol–water partition coefficient (Wildman–Crippen LogP) is 2.86. The van der Waals surface area contributed by atoms with Gasteiger partial charge in [0.15, 0.2) is 4.80 Å². The lowest BCUT2D eigenvalue weighted by atomic mass is 10.1. The molecular weight excluding hydrogens is 430 g/mol. The van der Waals surface area contributed by atoms with Crippen molar-refractivity contribution in [3.8, 4) is 5.75 Å². The van der Waals surface area contributed by atoms with E-state index in [2.05, 4.69) is 4.99 Å². The van der Waals surface area contributed by atoms with E-state index in [1.54, 1.807) is 24.3 Å². The van der Waals surface area contributed by atoms with Crippen molar-refractivity contribution in [3.63, 3.8) is 0 Å². The number of thiazole rings is 1. The first-order valence-electron chi connectivity index (χ1n) is 10.4. The average molecular weight is 454 g/mol. The van der Waals surface area contributed by atoms with E-state index in [1.807, 2.05) is 36.6 Å². The second kappa shape index (κ2) is 9.46. The highest BCUT2D eigenvalue weighted by molar-refractivity contribution is 7.16. The number of imide groups is 1. The van der Waals surface area contributed by atoms with Crippen LogP contribution in [0.4, 0.5) is 0 Å². The molecule has 4 rings (SSSR count). The quantitative estimate of drug-likeness (QED) is 0.386. The summed E-state index contributed by atoms with van der Waals surface area (Å²) in [7, 11) is 0. The number of carbonyl (C=O) groups excluding carboxylic acids is 3. The van der Waals surface area contributed by atoms with Gasteiger partial charge in [-0.15, -0.1) is 0 Å². The van der Waals surface area contributed by atoms with Gasteiger partial charge in [-0.1, -0.05) is 23.5 Å². The SMILES string of the molecule is CCOCCn1c(=NC(=O)CN2C(=O)c3ccccc3C2=O)sc2cc(OCC)ccc21. The average Bonchev–Trinajstić information content (AvgIpc) is 3.24. The summed E-state index contributed by atoms with van der Waals surface area (Å²) >= 11 is 1.35. The van der Waals surface area contributed by atoms with Gasteiger partial charge >= 0.3 is 0 Å². The highest BCUT2D eigenvalue weighted by Gasteiger charge is 2.36. The molecule has 0 unspecified atom stereocenters. The Balaban J connectivity index is 1.64. The van der Waals surface area contributed by atoms with Crippen molar-refractivity contribution in [2.45, 2.75) is 20.4 Å². The van der Waals surface area contributed by atoms with Crippen LogP contribution in [0, 0.1) is 0 Å². The van der Waals surface area contributed by atoms with E-state index >= 15 is 0 Å². The van der Waals surface area contributed by atoms with Crippen molar-refractivity contribution >= 4 is 39.3 Å². The van der Waals surface area contributed by atoms with Crippen molar-refractivity contribution in [2.75, 3.05) is 26.4 Å². The molecule has 0 atom stereocenters. The van der Waals surface area contributed by atoms with Gasteiger partial charge < -0.3 is 14.0 Å². The van der Waals surface area contributed by atoms with E-state index in [1.165, 1.54) is 11.3 Å². The van der Waals surface area contributed by atoms with Gasteiger partial charge in [-0.05, 0) is 44.2 Å². The number of hydrogen-bond acceptors (Lipinski definition) is 6. The molecule has 1 aliphatic heterocycles. The number of carbonyl (C=O) groups is 3. The summed E-state index contributed by atoms with van der Waals surface area (Å²) in [5, 5.41) is 0. The molecule has 1 aliphatic rings. The number of benzene rings is 2. The molecule has 2 aromatic carbocycles. The van der Waals surface area contributed by atoms with E-state index in [0.717, 1.165) is 20.9 Å². The van der Waals surface area contributed by atoms with Crippen molar-refractivity contribution in [3.05, 3.63) is 58.4 Å². The minimum absolute atomic E-state index is 0.308. The van der Waals surface area contributed by atoms with Crippen LogP contribution in [0.3, 0.4) is 0 Å². The molecule has 3 aromatic rings. The molecule has 1 aromatic heterocycles. The number of nitrogens with zero attached hydrogens (tertiary/aromatic N) is 3. The van der Waals surface area contributed by atoms with Crippen LogP contribution in [-0.2, 0) is 16.1 Å². The largest absolute Gasteiger partial charge is 0.494 e. The Labute approximate surface area is 188 Å². The van der Waals surface area contributed by atoms with E-state index in [9.17, 15) is 14.4 Å². The first kappa shape index (κ1) is 21.9. The zero-order valence-electron chi connectivity index (χ0n) is 17.9. The lowest BCUT2D eigenvalue weighted by Gasteiger charge is -2.10. The Morgan fingerprint density at radius 2 is 1.75 bits per heavy atom. The number of hydrogen-bond donors (Lipinski definition) is 0. The summed E-state index contributed by atoms with van der Waals surface area (Å²) in [6.07, 6.45) is 0. The fraction of sp³-hybridized carbons (Fsp3) is 0.304. The third-order valence-corrected chi connectivity index (χ3v) is 6.06. The lowest BCUT2D eigenvalue weighted by molar-refractivity contribution is -0.118. The van der Waals surface area contributed by atoms with Crippen LogP contribution in [0.25, 0.3) is 10.2 Å². The molecule has 0 N–H and O–H groups in total. The fourth-order valence-corrected chi connectivity index (χ4v) is 4.67. The predicted molar refractivity (Wildman–Crippen MR) is 120 cm³/mol. The van der Waals surface area contributed by atoms with Crippen molar-refractivity contribution in [1.82, 2.24) is 9.47 Å². The smallest absolute Gasteiger partial charge is 0.268 e. The van der Waals surface area contributed by atoms with Crippen LogP contribution in [0.15, 0.2) is 47.5 Å². The minimum atomic E-state index is -0.568. The Kier molecular flexibility index (Phi) is 6.48. The molecule has 0 fully saturated rings. The first-order valence-corrected chi connectivity index (χ1v) is 11.2. The van der Waals surface area contributed by atoms with E-state index in [-0.39, 0.29) is 0 Å². The van der Waals surface area contributed by atoms with Crippen LogP contribution in [0.1, 0.15) is 34.6 Å². The number of aromatic nitrogens is 1. The standard InChI is InChI=1S/C23H23N3O5S/c1-3-30-12-11-25-18-10-9-15(31-4-2)13-19(18)32-23(25)24-20(27)14-26-21(28)16-7-5-6-8-17(16)22(26)29/h5-10,13H,3-4,11-12,14H2,1-2H3. The Hall–Kier alpha value is -3.30. The molecule has 0 spiro atoms. The molecule has 0 saturated carbocycles. The molecule has 3 amide bonds. The van der Waals surface area contributed by atoms with Crippen molar-refractivity contribution in [1.29, 1.82) is 0 Å². The number of rotatable bonds is 8. The Bertz CT molecular complexity index is 1220. The van der Waals surface area contributed by atoms with Crippen LogP contribution >= 0.6 is 11.3 Å². The topological polar surface area (TPSA) is 90.2 Å². The van der Waals surface area contributed by atoms with Gasteiger partial charge in [0, 0.05) is 13.2 Å². The van der Waals surface area contributed by atoms with Crippen LogP contribution in [0.2, 0.25) is 0 Å². The van der Waals surface area contributed by atoms with Crippen LogP contribution in [-0.4, -0.2) is 53.6 Å². The molecule has 8 nitrogen and oxygen atoms in total. The number of ether oxygens (including phenoxy) is 2. The number of amides is 3. The lowest BCUT2D eigenvalue weighted by Crippen LogP contribution is -2.35. The highest BCUT2D eigenvalue weighted by atomic mass is 32.1. The maximum Gasteiger partial charge on any atom is 0.268 e. The Morgan fingerprint density at radius 3 is 2.41 bits per heavy atom. The number of fused-ring (bicyclic) bond motifs is 2. The van der Waals surface area contributed by atoms with E-state index in [4.69, 9.17) is 9.47 Å². The van der Waals surface area contributed by atoms with E-state index < -0.39 is 24.3 Å². The monoisotopic (exact) mass is 453 g/mol. The molecule has 0 bridgehead atoms. The summed E-state index contributed by atoms with van der Waals surface area (Å²) in [6.45, 7) is 5.55. The van der Waals surface area contributed by atoms with Crippen molar-refractivity contribution in [2.24, 2.45) is 4.99 Å². The molecule has 166 valence electrons. The summed E-state index contributed by atoms with van der Waals surface area (Å²) in [5.41, 5.74) is 1.52. The molecule has 2 heterocycles. The van der Waals surface area contributed by atoms with Gasteiger partial charge in [0.1, 0.15) is 12.3 Å². The van der Waals surface area contributed by atoms with E-state index in [0.29, 0.717) is 42.3 Å². The molecule has 0 radical (unpaired) electrons. The maximum absolute atomic E-state index is 12.8. The molecule has 9 heteroatoms. The summed E-state index contributed by atoms with van der Waals surface area (Å²) in [6, 6.07) is 12.3. The molecule has 32 heavy (non-hydrogen) atoms. The molecular formula is C23H23N3O5S. The highest BCUT2D eigenvalue weighted by Crippen LogP contribution is 2.24. The zero-order valence-corrected chi connectivity index (χ0v) is 18.7. The summed E-state index contributed by atoms with van der Waals surface area (Å²) in [5.74, 6) is -0.782. The van der Waals surface area contributed by atoms with Crippen LogP contribution < -0.4 is 9.54 Å². The van der Waals surface area contributed by atoms with Gasteiger partial charge in [-0.25, -0.2) is 0 Å². The third kappa shape index (κ3) is 4.21. The summed E-state index contributed by atoms with van der Waals surface area (Å²) in [4.78, 5) is 43.5. The normalized spacial score (nSPS) is 13.8. The van der Waals surface area contributed by atoms with Gasteiger partial charge in [-0.3, -0.25) is 19.3 Å². The van der Waals surface area contributed by atoms with Gasteiger partial charge in [0.2, 0.25) is 0 Å². The fourth-order valence-electron chi connectivity index (χ4n) is 3.57. The van der Waals surface area contributed by atoms with Gasteiger partial charge in [0.25, 0.3) is 17.7 Å². The first-order chi connectivity index (χ1) is 15.5. The Morgan fingerprint density at radius 1 is 1.03 bits per heavy atom. The second-order valence-electron chi connectivity index (χ2n) is 7.04. The molecule has 0 saturated heterocycles.